The molecule has 0 bridgehead atoms. The van der Waals surface area contributed by atoms with Crippen LogP contribution in [0.4, 0.5) is 5.69 Å². The van der Waals surface area contributed by atoms with Crippen LogP contribution in [0, 0.1) is 0 Å². The van der Waals surface area contributed by atoms with Crippen LogP contribution in [0.1, 0.15) is 25.8 Å². The topological polar surface area (TPSA) is 132 Å². The Morgan fingerprint density at radius 3 is 2.71 bits per heavy atom. The van der Waals surface area contributed by atoms with Gasteiger partial charge in [-0.05, 0) is 36.2 Å². The first-order valence-electron chi connectivity index (χ1n) is 9.54. The quantitative estimate of drug-likeness (QED) is 0.411. The Hall–Kier alpha value is -3.59. The number of rotatable bonds is 5. The highest BCUT2D eigenvalue weighted by Gasteiger charge is 2.16. The molecule has 0 unspecified atom stereocenters. The van der Waals surface area contributed by atoms with E-state index < -0.39 is 17.6 Å². The lowest BCUT2D eigenvalue weighted by Gasteiger charge is -2.15. The summed E-state index contributed by atoms with van der Waals surface area (Å²) in [7, 11) is 1.67. The average molecular weight is 444 g/mol. The summed E-state index contributed by atoms with van der Waals surface area (Å²) in [4.78, 5) is 41.1. The summed E-state index contributed by atoms with van der Waals surface area (Å²) in [6.07, 6.45) is 1.45. The second-order valence-electron chi connectivity index (χ2n) is 6.94. The molecule has 0 aliphatic rings. The first-order chi connectivity index (χ1) is 14.7. The number of aromatic amines is 1. The first kappa shape index (κ1) is 22.1. The maximum atomic E-state index is 12.1. The molecule has 0 saturated carbocycles. The zero-order valence-corrected chi connectivity index (χ0v) is 18.0. The predicted molar refractivity (Wildman–Crippen MR) is 120 cm³/mol. The minimum atomic E-state index is -0.707. The van der Waals surface area contributed by atoms with Gasteiger partial charge in [0.1, 0.15) is 11.5 Å². The highest BCUT2D eigenvalue weighted by Crippen LogP contribution is 2.37. The second-order valence-corrected chi connectivity index (χ2v) is 7.34. The SMILES string of the molecule is CCCc1cc(NC(=O)C(N)=NC(C)=O)cc(Cl)c1Oc1ccc2[nH]c(=O)n(C)c2c1. The van der Waals surface area contributed by atoms with Crippen molar-refractivity contribution in [2.75, 3.05) is 5.32 Å². The van der Waals surface area contributed by atoms with Gasteiger partial charge in [-0.2, -0.15) is 4.99 Å². The Morgan fingerprint density at radius 2 is 2.03 bits per heavy atom. The number of nitrogens with two attached hydrogens (primary N) is 1. The van der Waals surface area contributed by atoms with Crippen LogP contribution in [0.2, 0.25) is 5.02 Å². The summed E-state index contributed by atoms with van der Waals surface area (Å²) in [5.74, 6) is -0.756. The smallest absolute Gasteiger partial charge is 0.326 e. The van der Waals surface area contributed by atoms with E-state index in [1.165, 1.54) is 17.6 Å². The van der Waals surface area contributed by atoms with E-state index in [9.17, 15) is 14.4 Å². The van der Waals surface area contributed by atoms with E-state index in [1.807, 2.05) is 6.92 Å². The van der Waals surface area contributed by atoms with Gasteiger partial charge in [-0.15, -0.1) is 0 Å². The van der Waals surface area contributed by atoms with Gasteiger partial charge < -0.3 is 20.8 Å². The number of anilines is 1. The van der Waals surface area contributed by atoms with Crippen molar-refractivity contribution in [2.45, 2.75) is 26.7 Å². The lowest BCUT2D eigenvalue weighted by Crippen LogP contribution is -2.31. The molecule has 162 valence electrons. The maximum Gasteiger partial charge on any atom is 0.326 e. The Morgan fingerprint density at radius 1 is 1.29 bits per heavy atom. The summed E-state index contributed by atoms with van der Waals surface area (Å²) in [6.45, 7) is 3.20. The number of aromatic nitrogens is 2. The molecule has 0 aliphatic carbocycles. The van der Waals surface area contributed by atoms with Crippen molar-refractivity contribution in [1.82, 2.24) is 9.55 Å². The summed E-state index contributed by atoms with van der Waals surface area (Å²) >= 11 is 6.47. The molecule has 3 rings (SSSR count). The molecule has 0 fully saturated rings. The maximum absolute atomic E-state index is 12.1. The number of aryl methyl sites for hydroxylation is 2. The van der Waals surface area contributed by atoms with Gasteiger partial charge in [0.25, 0.3) is 5.91 Å². The van der Waals surface area contributed by atoms with Crippen molar-refractivity contribution in [2.24, 2.45) is 17.8 Å². The molecule has 4 N–H and O–H groups in total. The van der Waals surface area contributed by atoms with Crippen LogP contribution in [-0.2, 0) is 23.1 Å². The number of fused-ring (bicyclic) bond motifs is 1. The number of carbonyl (C=O) groups excluding carboxylic acids is 2. The number of imidazole rings is 1. The molecule has 31 heavy (non-hydrogen) atoms. The Labute approximate surface area is 182 Å². The molecule has 3 aromatic rings. The third-order valence-corrected chi connectivity index (χ3v) is 4.79. The molecule has 9 nitrogen and oxygen atoms in total. The van der Waals surface area contributed by atoms with Gasteiger partial charge in [0, 0.05) is 25.7 Å². The van der Waals surface area contributed by atoms with Crippen LogP contribution in [0.25, 0.3) is 11.0 Å². The van der Waals surface area contributed by atoms with Crippen LogP contribution in [0.15, 0.2) is 40.1 Å². The van der Waals surface area contributed by atoms with E-state index in [-0.39, 0.29) is 10.7 Å². The number of benzene rings is 2. The second kappa shape index (κ2) is 9.05. The molecule has 0 radical (unpaired) electrons. The van der Waals surface area contributed by atoms with Crippen molar-refractivity contribution in [3.05, 3.63) is 51.4 Å². The van der Waals surface area contributed by atoms with Gasteiger partial charge in [-0.1, -0.05) is 24.9 Å². The van der Waals surface area contributed by atoms with Crippen molar-refractivity contribution >= 4 is 46.0 Å². The molecular weight excluding hydrogens is 422 g/mol. The predicted octanol–water partition coefficient (Wildman–Crippen LogP) is 3.11. The highest BCUT2D eigenvalue weighted by molar-refractivity contribution is 6.43. The number of hydrogen-bond donors (Lipinski definition) is 3. The lowest BCUT2D eigenvalue weighted by molar-refractivity contribution is -0.116. The van der Waals surface area contributed by atoms with Crippen LogP contribution in [-0.4, -0.2) is 27.2 Å². The summed E-state index contributed by atoms with van der Waals surface area (Å²) in [6, 6.07) is 8.49. The van der Waals surface area contributed by atoms with E-state index in [1.54, 1.807) is 31.3 Å². The molecule has 1 heterocycles. The van der Waals surface area contributed by atoms with E-state index in [4.69, 9.17) is 22.1 Å². The molecule has 2 amide bonds. The van der Waals surface area contributed by atoms with E-state index >= 15 is 0 Å². The monoisotopic (exact) mass is 443 g/mol. The van der Waals surface area contributed by atoms with Crippen molar-refractivity contribution in [3.8, 4) is 11.5 Å². The van der Waals surface area contributed by atoms with Gasteiger partial charge in [-0.3, -0.25) is 14.2 Å². The number of ether oxygens (including phenoxy) is 1. The molecule has 0 aliphatic heterocycles. The van der Waals surface area contributed by atoms with Gasteiger partial charge >= 0.3 is 5.69 Å². The van der Waals surface area contributed by atoms with Crippen LogP contribution < -0.4 is 21.5 Å². The molecule has 1 aromatic heterocycles. The normalized spacial score (nSPS) is 11.5. The minimum Gasteiger partial charge on any atom is -0.455 e. The van der Waals surface area contributed by atoms with Crippen LogP contribution >= 0.6 is 11.6 Å². The van der Waals surface area contributed by atoms with E-state index in [2.05, 4.69) is 15.3 Å². The first-order valence-corrected chi connectivity index (χ1v) is 9.92. The number of aliphatic imine (C=N–C) groups is 1. The highest BCUT2D eigenvalue weighted by atomic mass is 35.5. The fourth-order valence-corrected chi connectivity index (χ4v) is 3.37. The molecular formula is C21H22ClN5O4. The summed E-state index contributed by atoms with van der Waals surface area (Å²) < 4.78 is 7.55. The zero-order valence-electron chi connectivity index (χ0n) is 17.3. The molecule has 0 saturated heterocycles. The number of amides is 2. The Balaban J connectivity index is 1.93. The van der Waals surface area contributed by atoms with Gasteiger partial charge in [0.15, 0.2) is 5.84 Å². The summed E-state index contributed by atoms with van der Waals surface area (Å²) in [5, 5.41) is 2.87. The zero-order chi connectivity index (χ0) is 22.7. The van der Waals surface area contributed by atoms with Gasteiger partial charge in [0.05, 0.1) is 16.1 Å². The summed E-state index contributed by atoms with van der Waals surface area (Å²) in [5.41, 5.74) is 7.87. The Bertz CT molecular complexity index is 1260. The molecule has 0 spiro atoms. The molecule has 2 aromatic carbocycles. The number of carbonyl (C=O) groups is 2. The van der Waals surface area contributed by atoms with Crippen LogP contribution in [0.3, 0.4) is 0 Å². The van der Waals surface area contributed by atoms with Crippen molar-refractivity contribution in [3.63, 3.8) is 0 Å². The number of hydrogen-bond acceptors (Lipinski definition) is 4. The van der Waals surface area contributed by atoms with E-state index in [0.717, 1.165) is 12.0 Å². The number of nitrogens with zero attached hydrogens (tertiary/aromatic N) is 2. The lowest BCUT2D eigenvalue weighted by atomic mass is 10.1. The van der Waals surface area contributed by atoms with Crippen molar-refractivity contribution in [1.29, 1.82) is 0 Å². The van der Waals surface area contributed by atoms with E-state index in [0.29, 0.717) is 34.6 Å². The largest absolute Gasteiger partial charge is 0.455 e. The third kappa shape index (κ3) is 4.95. The third-order valence-electron chi connectivity index (χ3n) is 4.50. The minimum absolute atomic E-state index is 0.218. The fraction of sp³-hybridized carbons (Fsp3) is 0.238. The number of nitrogens with one attached hydrogen (secondary N) is 2. The fourth-order valence-electron chi connectivity index (χ4n) is 3.09. The molecule has 0 atom stereocenters. The van der Waals surface area contributed by atoms with Crippen LogP contribution in [0.5, 0.6) is 11.5 Å². The average Bonchev–Trinajstić information content (AvgIpc) is 2.98. The van der Waals surface area contributed by atoms with Gasteiger partial charge in [0.2, 0.25) is 5.91 Å². The van der Waals surface area contributed by atoms with Gasteiger partial charge in [-0.25, -0.2) is 4.79 Å². The molecule has 10 heteroatoms. The number of H-pyrrole nitrogens is 1. The Kier molecular flexibility index (Phi) is 6.45. The standard InChI is InChI=1S/C21H22ClN5O4/c1-4-5-12-8-13(25-20(29)19(23)24-11(2)28)9-15(22)18(12)31-14-6-7-16-17(10-14)27(3)21(30)26-16/h6-10H,4-5H2,1-3H3,(H,25,29)(H,26,30)(H2,23,24,28). The van der Waals surface area contributed by atoms with Crippen molar-refractivity contribution < 1.29 is 14.3 Å². The number of amidine groups is 1. The number of halogens is 1.